The minimum absolute atomic E-state index is 0.744. The molecule has 0 spiro atoms. The number of thioether (sulfide) groups is 1. The van der Waals surface area contributed by atoms with E-state index in [9.17, 15) is 0 Å². The molecule has 0 amide bonds. The van der Waals surface area contributed by atoms with Gasteiger partial charge in [0, 0.05) is 20.7 Å². The van der Waals surface area contributed by atoms with Crippen LogP contribution in [-0.2, 0) is 5.75 Å². The van der Waals surface area contributed by atoms with Gasteiger partial charge >= 0.3 is 0 Å². The molecule has 1 nitrogen and oxygen atoms in total. The van der Waals surface area contributed by atoms with Crippen LogP contribution < -0.4 is 0 Å². The Labute approximate surface area is 132 Å². The Morgan fingerprint density at radius 3 is 2.74 bits per heavy atom. The van der Waals surface area contributed by atoms with Crippen LogP contribution in [0.25, 0.3) is 11.3 Å². The fourth-order valence-electron chi connectivity index (χ4n) is 1.80. The molecule has 0 saturated heterocycles. The van der Waals surface area contributed by atoms with Gasteiger partial charge in [0.15, 0.2) is 0 Å². The van der Waals surface area contributed by atoms with Crippen molar-refractivity contribution < 1.29 is 0 Å². The Bertz CT molecular complexity index is 549. The summed E-state index contributed by atoms with van der Waals surface area (Å²) in [5.74, 6) is 2.96. The van der Waals surface area contributed by atoms with Gasteiger partial charge in [-0.05, 0) is 24.7 Å². The summed E-state index contributed by atoms with van der Waals surface area (Å²) in [7, 11) is 0. The summed E-state index contributed by atoms with van der Waals surface area (Å²) in [5.41, 5.74) is 2.31. The molecule has 0 aliphatic carbocycles. The third-order valence-electron chi connectivity index (χ3n) is 2.65. The van der Waals surface area contributed by atoms with Gasteiger partial charge in [-0.15, -0.1) is 11.3 Å². The predicted octanol–water partition coefficient (Wildman–Crippen LogP) is 5.77. The zero-order valence-electron chi connectivity index (χ0n) is 11.4. The van der Waals surface area contributed by atoms with Gasteiger partial charge < -0.3 is 0 Å². The van der Waals surface area contributed by atoms with Gasteiger partial charge in [0.05, 0.1) is 5.69 Å². The van der Waals surface area contributed by atoms with Crippen LogP contribution in [0.15, 0.2) is 28.7 Å². The smallest absolute Gasteiger partial charge is 0.103 e. The number of halogens is 1. The van der Waals surface area contributed by atoms with Crippen LogP contribution in [0, 0.1) is 12.8 Å². The van der Waals surface area contributed by atoms with Crippen molar-refractivity contribution in [1.82, 2.24) is 4.98 Å². The Hall–Kier alpha value is -0.320. The van der Waals surface area contributed by atoms with Crippen molar-refractivity contribution in [3.05, 3.63) is 38.6 Å². The Kier molecular flexibility index (Phi) is 5.48. The highest BCUT2D eigenvalue weighted by atomic mass is 79.9. The predicted molar refractivity (Wildman–Crippen MR) is 91.0 cm³/mol. The Morgan fingerprint density at radius 1 is 1.32 bits per heavy atom. The molecule has 0 aliphatic rings. The van der Waals surface area contributed by atoms with Crippen LogP contribution in [-0.4, -0.2) is 10.7 Å². The topological polar surface area (TPSA) is 12.9 Å². The second-order valence-electron chi connectivity index (χ2n) is 4.90. The molecular weight excluding hydrogens is 338 g/mol. The number of hydrogen-bond donors (Lipinski definition) is 0. The summed E-state index contributed by atoms with van der Waals surface area (Å²) < 4.78 is 1.12. The van der Waals surface area contributed by atoms with Crippen molar-refractivity contribution in [2.24, 2.45) is 5.92 Å². The van der Waals surface area contributed by atoms with Gasteiger partial charge in [-0.1, -0.05) is 48.0 Å². The second-order valence-corrected chi connectivity index (χ2v) is 8.07. The van der Waals surface area contributed by atoms with E-state index in [2.05, 4.69) is 54.9 Å². The minimum atomic E-state index is 0.744. The lowest BCUT2D eigenvalue weighted by molar-refractivity contribution is 0.750. The van der Waals surface area contributed by atoms with E-state index in [1.54, 1.807) is 0 Å². The number of nitrogens with zero attached hydrogens (tertiary/aromatic N) is 1. The first kappa shape index (κ1) is 15.1. The van der Waals surface area contributed by atoms with Gasteiger partial charge in [0.2, 0.25) is 0 Å². The van der Waals surface area contributed by atoms with E-state index in [4.69, 9.17) is 4.98 Å². The van der Waals surface area contributed by atoms with Crippen molar-refractivity contribution >= 4 is 39.0 Å². The normalized spacial score (nSPS) is 11.2. The molecule has 2 aromatic rings. The molecule has 0 aliphatic heterocycles. The van der Waals surface area contributed by atoms with Crippen LogP contribution in [0.5, 0.6) is 0 Å². The number of hydrogen-bond acceptors (Lipinski definition) is 3. The molecule has 1 aromatic heterocycles. The molecule has 0 bridgehead atoms. The van der Waals surface area contributed by atoms with Crippen molar-refractivity contribution in [2.45, 2.75) is 26.5 Å². The van der Waals surface area contributed by atoms with Crippen LogP contribution in [0.1, 0.15) is 23.7 Å². The summed E-state index contributed by atoms with van der Waals surface area (Å²) in [6.07, 6.45) is 0. The molecule has 0 N–H and O–H groups in total. The van der Waals surface area contributed by atoms with Gasteiger partial charge in [-0.2, -0.15) is 11.8 Å². The van der Waals surface area contributed by atoms with Crippen LogP contribution in [0.3, 0.4) is 0 Å². The molecule has 19 heavy (non-hydrogen) atoms. The van der Waals surface area contributed by atoms with E-state index in [1.807, 2.05) is 29.2 Å². The molecule has 1 heterocycles. The lowest BCUT2D eigenvalue weighted by Crippen LogP contribution is -1.91. The molecule has 0 saturated carbocycles. The van der Waals surface area contributed by atoms with Crippen LogP contribution >= 0.6 is 39.0 Å². The third kappa shape index (κ3) is 4.07. The first-order valence-electron chi connectivity index (χ1n) is 6.37. The van der Waals surface area contributed by atoms with Crippen molar-refractivity contribution in [3.63, 3.8) is 0 Å². The second kappa shape index (κ2) is 6.91. The van der Waals surface area contributed by atoms with Crippen LogP contribution in [0.2, 0.25) is 0 Å². The highest BCUT2D eigenvalue weighted by Gasteiger charge is 2.12. The molecular formula is C15H18BrNS2. The molecule has 4 heteroatoms. The molecule has 102 valence electrons. The average molecular weight is 356 g/mol. The van der Waals surface area contributed by atoms with Gasteiger partial charge in [0.1, 0.15) is 5.01 Å². The number of benzene rings is 1. The lowest BCUT2D eigenvalue weighted by atomic mass is 10.1. The quantitative estimate of drug-likeness (QED) is 0.674. The third-order valence-corrected chi connectivity index (χ3v) is 5.87. The van der Waals surface area contributed by atoms with Gasteiger partial charge in [0.25, 0.3) is 0 Å². The molecule has 2 rings (SSSR count). The largest absolute Gasteiger partial charge is 0.240 e. The highest BCUT2D eigenvalue weighted by Crippen LogP contribution is 2.33. The van der Waals surface area contributed by atoms with E-state index in [1.165, 1.54) is 21.2 Å². The number of aryl methyl sites for hydroxylation is 1. The average Bonchev–Trinajstić information content (AvgIpc) is 2.70. The standard InChI is InChI=1S/C15H18BrNS2/c1-10(2)8-18-9-14-17-15(11(3)19-14)12-6-4-5-7-13(12)16/h4-7,10H,8-9H2,1-3H3. The first-order valence-corrected chi connectivity index (χ1v) is 9.13. The number of thiazole rings is 1. The Balaban J connectivity index is 2.15. The summed E-state index contributed by atoms with van der Waals surface area (Å²) in [6, 6.07) is 8.29. The van der Waals surface area contributed by atoms with Crippen LogP contribution in [0.4, 0.5) is 0 Å². The number of aromatic nitrogens is 1. The highest BCUT2D eigenvalue weighted by molar-refractivity contribution is 9.10. The molecule has 1 aromatic carbocycles. The fourth-order valence-corrected chi connectivity index (χ4v) is 4.33. The summed E-state index contributed by atoms with van der Waals surface area (Å²) in [5, 5.41) is 1.23. The monoisotopic (exact) mass is 355 g/mol. The minimum Gasteiger partial charge on any atom is -0.240 e. The van der Waals surface area contributed by atoms with Crippen molar-refractivity contribution in [1.29, 1.82) is 0 Å². The van der Waals surface area contributed by atoms with E-state index < -0.39 is 0 Å². The maximum Gasteiger partial charge on any atom is 0.103 e. The summed E-state index contributed by atoms with van der Waals surface area (Å²) in [4.78, 5) is 6.10. The molecule has 0 unspecified atom stereocenters. The van der Waals surface area contributed by atoms with Crippen molar-refractivity contribution in [3.8, 4) is 11.3 Å². The molecule has 0 atom stereocenters. The zero-order valence-corrected chi connectivity index (χ0v) is 14.7. The fraction of sp³-hybridized carbons (Fsp3) is 0.400. The maximum absolute atomic E-state index is 4.81. The zero-order chi connectivity index (χ0) is 13.8. The summed E-state index contributed by atoms with van der Waals surface area (Å²) >= 11 is 7.40. The van der Waals surface area contributed by atoms with E-state index in [-0.39, 0.29) is 0 Å². The summed E-state index contributed by atoms with van der Waals surface area (Å²) in [6.45, 7) is 6.67. The van der Waals surface area contributed by atoms with Gasteiger partial charge in [-0.25, -0.2) is 4.98 Å². The molecule has 0 fully saturated rings. The van der Waals surface area contributed by atoms with E-state index >= 15 is 0 Å². The van der Waals surface area contributed by atoms with E-state index in [0.717, 1.165) is 21.8 Å². The first-order chi connectivity index (χ1) is 9.08. The maximum atomic E-state index is 4.81. The Morgan fingerprint density at radius 2 is 2.05 bits per heavy atom. The van der Waals surface area contributed by atoms with E-state index in [0.29, 0.717) is 0 Å². The van der Waals surface area contributed by atoms with Crippen molar-refractivity contribution in [2.75, 3.05) is 5.75 Å². The SMILES string of the molecule is Cc1sc(CSCC(C)C)nc1-c1ccccc1Br. The van der Waals surface area contributed by atoms with Gasteiger partial charge in [-0.3, -0.25) is 0 Å². The number of rotatable bonds is 5. The molecule has 0 radical (unpaired) electrons. The lowest BCUT2D eigenvalue weighted by Gasteiger charge is -2.02.